The molecule has 0 aliphatic rings. The van der Waals surface area contributed by atoms with Crippen LogP contribution in [-0.4, -0.2) is 42.0 Å². The van der Waals surface area contributed by atoms with Crippen LogP contribution in [0.3, 0.4) is 0 Å². The third kappa shape index (κ3) is 8.61. The molecule has 2 amide bonds. The molecule has 0 spiro atoms. The highest BCUT2D eigenvalue weighted by molar-refractivity contribution is 5.88. The lowest BCUT2D eigenvalue weighted by Gasteiger charge is -2.31. The molecule has 2 atom stereocenters. The molecule has 2 rings (SSSR count). The lowest BCUT2D eigenvalue weighted by Crippen LogP contribution is -2.50. The summed E-state index contributed by atoms with van der Waals surface area (Å²) >= 11 is 0. The van der Waals surface area contributed by atoms with Crippen molar-refractivity contribution in [1.29, 1.82) is 0 Å². The van der Waals surface area contributed by atoms with Gasteiger partial charge < -0.3 is 19.7 Å². The van der Waals surface area contributed by atoms with Crippen molar-refractivity contribution >= 4 is 11.8 Å². The molecule has 0 aliphatic heterocycles. The van der Waals surface area contributed by atoms with Crippen LogP contribution in [0.25, 0.3) is 0 Å². The second kappa shape index (κ2) is 14.4. The summed E-state index contributed by atoms with van der Waals surface area (Å²) in [6.45, 7) is 13.4. The number of nitrogens with zero attached hydrogens (tertiary/aromatic N) is 1. The molecular weight excluding hydrogens is 440 g/mol. The maximum absolute atomic E-state index is 13.5. The SMILES string of the molecule is CCOc1ccc(CCC(=O)N(Cc2ccc(C)cc2)C(CC)C(=O)NC(C)CC)cc1OCC. The summed E-state index contributed by atoms with van der Waals surface area (Å²) in [5.41, 5.74) is 3.17. The summed E-state index contributed by atoms with van der Waals surface area (Å²) in [5.74, 6) is 1.26. The fraction of sp³-hybridized carbons (Fsp3) is 0.517. The molecule has 2 aromatic rings. The van der Waals surface area contributed by atoms with E-state index in [2.05, 4.69) is 5.32 Å². The first-order chi connectivity index (χ1) is 16.8. The van der Waals surface area contributed by atoms with Crippen LogP contribution in [0.15, 0.2) is 42.5 Å². The van der Waals surface area contributed by atoms with Gasteiger partial charge in [0.25, 0.3) is 0 Å². The minimum Gasteiger partial charge on any atom is -0.490 e. The van der Waals surface area contributed by atoms with Crippen molar-refractivity contribution in [2.24, 2.45) is 0 Å². The van der Waals surface area contributed by atoms with E-state index in [1.54, 1.807) is 4.90 Å². The first-order valence-electron chi connectivity index (χ1n) is 12.9. The predicted octanol–water partition coefficient (Wildman–Crippen LogP) is 5.45. The number of rotatable bonds is 14. The van der Waals surface area contributed by atoms with Crippen LogP contribution >= 0.6 is 0 Å². The average molecular weight is 483 g/mol. The lowest BCUT2D eigenvalue weighted by molar-refractivity contribution is -0.141. The molecule has 0 aliphatic carbocycles. The number of ether oxygens (including phenoxy) is 2. The number of hydrogen-bond donors (Lipinski definition) is 1. The molecule has 35 heavy (non-hydrogen) atoms. The second-order valence-electron chi connectivity index (χ2n) is 8.90. The maximum atomic E-state index is 13.5. The Morgan fingerprint density at radius 1 is 0.886 bits per heavy atom. The molecule has 2 unspecified atom stereocenters. The summed E-state index contributed by atoms with van der Waals surface area (Å²) in [6.07, 6.45) is 2.25. The van der Waals surface area contributed by atoms with E-state index in [9.17, 15) is 9.59 Å². The molecule has 0 saturated heterocycles. The third-order valence-corrected chi connectivity index (χ3v) is 6.10. The Bertz CT molecular complexity index is 942. The summed E-state index contributed by atoms with van der Waals surface area (Å²) in [5, 5.41) is 3.06. The number of carbonyl (C=O) groups is 2. The number of nitrogens with one attached hydrogen (secondary N) is 1. The molecule has 0 radical (unpaired) electrons. The molecule has 0 fully saturated rings. The zero-order chi connectivity index (χ0) is 25.8. The Morgan fingerprint density at radius 3 is 2.11 bits per heavy atom. The minimum absolute atomic E-state index is 0.0384. The van der Waals surface area contributed by atoms with Crippen LogP contribution in [-0.2, 0) is 22.6 Å². The van der Waals surface area contributed by atoms with Gasteiger partial charge in [0, 0.05) is 19.0 Å². The molecule has 0 bridgehead atoms. The summed E-state index contributed by atoms with van der Waals surface area (Å²) in [7, 11) is 0. The van der Waals surface area contributed by atoms with Crippen LogP contribution in [0.4, 0.5) is 0 Å². The van der Waals surface area contributed by atoms with E-state index in [0.717, 1.165) is 23.1 Å². The molecule has 6 heteroatoms. The summed E-state index contributed by atoms with van der Waals surface area (Å²) in [6, 6.07) is 13.5. The molecule has 0 heterocycles. The van der Waals surface area contributed by atoms with E-state index < -0.39 is 6.04 Å². The van der Waals surface area contributed by atoms with Gasteiger partial charge in [-0.1, -0.05) is 49.7 Å². The van der Waals surface area contributed by atoms with E-state index >= 15 is 0 Å². The van der Waals surface area contributed by atoms with Crippen LogP contribution in [0.2, 0.25) is 0 Å². The van der Waals surface area contributed by atoms with E-state index in [0.29, 0.717) is 50.5 Å². The Balaban J connectivity index is 2.23. The van der Waals surface area contributed by atoms with Gasteiger partial charge in [-0.3, -0.25) is 9.59 Å². The van der Waals surface area contributed by atoms with E-state index in [1.807, 2.05) is 84.0 Å². The van der Waals surface area contributed by atoms with Crippen molar-refractivity contribution in [3.05, 3.63) is 59.2 Å². The topological polar surface area (TPSA) is 67.9 Å². The highest BCUT2D eigenvalue weighted by Crippen LogP contribution is 2.29. The quantitative estimate of drug-likeness (QED) is 0.389. The number of carbonyl (C=O) groups excluding carboxylic acids is 2. The molecular formula is C29H42N2O4. The summed E-state index contributed by atoms with van der Waals surface area (Å²) in [4.78, 5) is 28.3. The van der Waals surface area contributed by atoms with Crippen LogP contribution in [0, 0.1) is 6.92 Å². The molecule has 2 aromatic carbocycles. The van der Waals surface area contributed by atoms with E-state index in [4.69, 9.17) is 9.47 Å². The number of benzene rings is 2. The summed E-state index contributed by atoms with van der Waals surface area (Å²) < 4.78 is 11.4. The zero-order valence-corrected chi connectivity index (χ0v) is 22.2. The second-order valence-corrected chi connectivity index (χ2v) is 8.90. The number of aryl methyl sites for hydroxylation is 2. The minimum atomic E-state index is -0.517. The molecule has 0 aromatic heterocycles. The van der Waals surface area contributed by atoms with Gasteiger partial charge in [0.15, 0.2) is 11.5 Å². The fourth-order valence-electron chi connectivity index (χ4n) is 3.90. The van der Waals surface area contributed by atoms with E-state index in [1.165, 1.54) is 0 Å². The molecule has 0 saturated carbocycles. The Hall–Kier alpha value is -3.02. The van der Waals surface area contributed by atoms with Gasteiger partial charge in [0.05, 0.1) is 13.2 Å². The first-order valence-corrected chi connectivity index (χ1v) is 12.9. The van der Waals surface area contributed by atoms with Crippen LogP contribution in [0.1, 0.15) is 70.6 Å². The third-order valence-electron chi connectivity index (χ3n) is 6.10. The maximum Gasteiger partial charge on any atom is 0.243 e. The Kier molecular flexibility index (Phi) is 11.6. The zero-order valence-electron chi connectivity index (χ0n) is 22.2. The van der Waals surface area contributed by atoms with Gasteiger partial charge in [0.2, 0.25) is 11.8 Å². The lowest BCUT2D eigenvalue weighted by atomic mass is 10.0. The highest BCUT2D eigenvalue weighted by atomic mass is 16.5. The average Bonchev–Trinajstić information content (AvgIpc) is 2.85. The number of amides is 2. The molecule has 6 nitrogen and oxygen atoms in total. The molecule has 1 N–H and O–H groups in total. The fourth-order valence-corrected chi connectivity index (χ4v) is 3.90. The normalized spacial score (nSPS) is 12.5. The highest BCUT2D eigenvalue weighted by Gasteiger charge is 2.29. The van der Waals surface area contributed by atoms with Crippen molar-refractivity contribution < 1.29 is 19.1 Å². The van der Waals surface area contributed by atoms with E-state index in [-0.39, 0.29) is 17.9 Å². The van der Waals surface area contributed by atoms with Crippen molar-refractivity contribution in [1.82, 2.24) is 10.2 Å². The van der Waals surface area contributed by atoms with Crippen LogP contribution in [0.5, 0.6) is 11.5 Å². The van der Waals surface area contributed by atoms with Crippen molar-refractivity contribution in [3.8, 4) is 11.5 Å². The largest absolute Gasteiger partial charge is 0.490 e. The molecule has 192 valence electrons. The van der Waals surface area contributed by atoms with Gasteiger partial charge in [-0.05, 0) is 70.2 Å². The van der Waals surface area contributed by atoms with Gasteiger partial charge in [-0.25, -0.2) is 0 Å². The van der Waals surface area contributed by atoms with Gasteiger partial charge >= 0.3 is 0 Å². The predicted molar refractivity (Wildman–Crippen MR) is 141 cm³/mol. The van der Waals surface area contributed by atoms with Crippen molar-refractivity contribution in [3.63, 3.8) is 0 Å². The van der Waals surface area contributed by atoms with Gasteiger partial charge in [-0.15, -0.1) is 0 Å². The standard InChI is InChI=1S/C29H42N2O4/c1-7-22(6)30-29(33)25(8-2)31(20-24-13-11-21(5)12-14-24)28(32)18-16-23-15-17-26(34-9-3)27(19-23)35-10-4/h11-15,17,19,22,25H,7-10,16,18,20H2,1-6H3,(H,30,33). The monoisotopic (exact) mass is 482 g/mol. The first kappa shape index (κ1) is 28.2. The Labute approximate surface area is 211 Å². The van der Waals surface area contributed by atoms with Gasteiger partial charge in [-0.2, -0.15) is 0 Å². The van der Waals surface area contributed by atoms with Crippen molar-refractivity contribution in [2.45, 2.75) is 85.9 Å². The Morgan fingerprint density at radius 2 is 1.51 bits per heavy atom. The van der Waals surface area contributed by atoms with Crippen molar-refractivity contribution in [2.75, 3.05) is 13.2 Å². The van der Waals surface area contributed by atoms with Gasteiger partial charge in [0.1, 0.15) is 6.04 Å². The number of hydrogen-bond acceptors (Lipinski definition) is 4. The smallest absolute Gasteiger partial charge is 0.243 e. The van der Waals surface area contributed by atoms with Crippen LogP contribution < -0.4 is 14.8 Å².